The summed E-state index contributed by atoms with van der Waals surface area (Å²) >= 11 is 1.07. The highest BCUT2D eigenvalue weighted by Gasteiger charge is 2.19. The van der Waals surface area contributed by atoms with Crippen LogP contribution in [0.4, 0.5) is 5.69 Å². The van der Waals surface area contributed by atoms with Crippen LogP contribution in [0.1, 0.15) is 19.2 Å². The minimum atomic E-state index is -0.483. The van der Waals surface area contributed by atoms with Gasteiger partial charge in [-0.25, -0.2) is 4.98 Å². The number of hydrogen-bond donors (Lipinski definition) is 1. The van der Waals surface area contributed by atoms with Gasteiger partial charge in [0.25, 0.3) is 0 Å². The fraction of sp³-hybridized carbons (Fsp3) is 0.364. The minimum Gasteiger partial charge on any atom is -0.388 e. The fourth-order valence-corrected chi connectivity index (χ4v) is 2.57. The predicted molar refractivity (Wildman–Crippen MR) is 71.3 cm³/mol. The molecule has 0 radical (unpaired) electrons. The molecule has 0 unspecified atom stereocenters. The van der Waals surface area contributed by atoms with E-state index in [2.05, 4.69) is 15.2 Å². The van der Waals surface area contributed by atoms with Crippen LogP contribution in [-0.4, -0.2) is 29.8 Å². The monoisotopic (exact) mass is 295 g/mol. The van der Waals surface area contributed by atoms with Crippen LogP contribution in [0.3, 0.4) is 0 Å². The zero-order valence-electron chi connectivity index (χ0n) is 10.8. The smallest absolute Gasteiger partial charge is 0.301 e. The van der Waals surface area contributed by atoms with Gasteiger partial charge in [-0.2, -0.15) is 0 Å². The van der Waals surface area contributed by atoms with Crippen LogP contribution in [0.15, 0.2) is 28.5 Å². The molecule has 0 atom stereocenters. The van der Waals surface area contributed by atoms with Gasteiger partial charge in [-0.1, -0.05) is 6.92 Å². The van der Waals surface area contributed by atoms with Crippen molar-refractivity contribution in [3.05, 3.63) is 34.3 Å². The highest BCUT2D eigenvalue weighted by molar-refractivity contribution is 7.99. The van der Waals surface area contributed by atoms with Crippen LogP contribution in [0.5, 0.6) is 0 Å². The maximum absolute atomic E-state index is 11.0. The first-order valence-corrected chi connectivity index (χ1v) is 6.79. The van der Waals surface area contributed by atoms with Crippen LogP contribution in [0.25, 0.3) is 0 Å². The van der Waals surface area contributed by atoms with E-state index in [1.165, 1.54) is 18.3 Å². The van der Waals surface area contributed by atoms with Crippen molar-refractivity contribution in [1.82, 2.24) is 19.7 Å². The average molecular weight is 295 g/mol. The van der Waals surface area contributed by atoms with E-state index in [1.807, 2.05) is 6.92 Å². The third-order valence-electron chi connectivity index (χ3n) is 2.52. The Hall–Kier alpha value is -2.00. The van der Waals surface area contributed by atoms with Gasteiger partial charge in [0, 0.05) is 18.8 Å². The van der Waals surface area contributed by atoms with E-state index in [9.17, 15) is 15.2 Å². The third-order valence-corrected chi connectivity index (χ3v) is 3.51. The summed E-state index contributed by atoms with van der Waals surface area (Å²) in [6.45, 7) is 2.39. The van der Waals surface area contributed by atoms with Crippen molar-refractivity contribution in [3.63, 3.8) is 0 Å². The largest absolute Gasteiger partial charge is 0.388 e. The molecule has 2 rings (SSSR count). The summed E-state index contributed by atoms with van der Waals surface area (Å²) in [5, 5.41) is 28.7. The first-order chi connectivity index (χ1) is 9.67. The van der Waals surface area contributed by atoms with E-state index >= 15 is 0 Å². The highest BCUT2D eigenvalue weighted by Crippen LogP contribution is 2.31. The quantitative estimate of drug-likeness (QED) is 0.637. The summed E-state index contributed by atoms with van der Waals surface area (Å²) < 4.78 is 1.74. The minimum absolute atomic E-state index is 0.0749. The highest BCUT2D eigenvalue weighted by atomic mass is 32.2. The van der Waals surface area contributed by atoms with E-state index in [0.717, 1.165) is 18.2 Å². The van der Waals surface area contributed by atoms with E-state index in [0.29, 0.717) is 17.5 Å². The van der Waals surface area contributed by atoms with Crippen LogP contribution in [-0.2, 0) is 13.2 Å². The number of nitrogens with zero attached hydrogens (tertiary/aromatic N) is 5. The maximum atomic E-state index is 11.0. The summed E-state index contributed by atoms with van der Waals surface area (Å²) in [6.07, 6.45) is 2.33. The van der Waals surface area contributed by atoms with Gasteiger partial charge in [0.15, 0.2) is 16.0 Å². The van der Waals surface area contributed by atoms with Crippen LogP contribution in [0.2, 0.25) is 0 Å². The SMILES string of the molecule is CCCn1c(CO)nnc1Sc1ncccc1[N+](=O)[O-]. The Morgan fingerprint density at radius 3 is 2.95 bits per heavy atom. The number of aliphatic hydroxyl groups excluding tert-OH is 1. The van der Waals surface area contributed by atoms with Crippen molar-refractivity contribution >= 4 is 17.4 Å². The summed E-state index contributed by atoms with van der Waals surface area (Å²) in [6, 6.07) is 2.90. The Morgan fingerprint density at radius 2 is 2.30 bits per heavy atom. The molecule has 20 heavy (non-hydrogen) atoms. The molecule has 106 valence electrons. The molecule has 0 saturated carbocycles. The second-order valence-electron chi connectivity index (χ2n) is 3.90. The maximum Gasteiger partial charge on any atom is 0.301 e. The molecule has 0 bridgehead atoms. The van der Waals surface area contributed by atoms with Gasteiger partial charge in [-0.15, -0.1) is 10.2 Å². The Bertz CT molecular complexity index is 616. The number of pyridine rings is 1. The van der Waals surface area contributed by atoms with Crippen LogP contribution in [0, 0.1) is 10.1 Å². The molecule has 9 heteroatoms. The van der Waals surface area contributed by atoms with Gasteiger partial charge < -0.3 is 9.67 Å². The molecule has 0 aliphatic heterocycles. The second kappa shape index (κ2) is 6.44. The average Bonchev–Trinajstić information content (AvgIpc) is 2.82. The fourth-order valence-electron chi connectivity index (χ4n) is 1.65. The number of rotatable bonds is 6. The zero-order chi connectivity index (χ0) is 14.5. The van der Waals surface area contributed by atoms with Crippen molar-refractivity contribution in [1.29, 1.82) is 0 Å². The number of aromatic nitrogens is 4. The van der Waals surface area contributed by atoms with Crippen molar-refractivity contribution in [3.8, 4) is 0 Å². The molecule has 0 saturated heterocycles. The Labute approximate surface area is 119 Å². The molecule has 8 nitrogen and oxygen atoms in total. The first kappa shape index (κ1) is 14.4. The lowest BCUT2D eigenvalue weighted by atomic mass is 10.4. The molecular formula is C11H13N5O3S. The molecule has 1 N–H and O–H groups in total. The number of hydrogen-bond acceptors (Lipinski definition) is 7. The standard InChI is InChI=1S/C11H13N5O3S/c1-2-6-15-9(7-17)13-14-11(15)20-10-8(16(18)19)4-3-5-12-10/h3-5,17H,2,6-7H2,1H3. The van der Waals surface area contributed by atoms with Gasteiger partial charge in [-0.05, 0) is 24.2 Å². The van der Waals surface area contributed by atoms with Crippen molar-refractivity contribution < 1.29 is 10.0 Å². The lowest BCUT2D eigenvalue weighted by molar-refractivity contribution is -0.388. The molecule has 0 aliphatic carbocycles. The lowest BCUT2D eigenvalue weighted by Gasteiger charge is -2.06. The van der Waals surface area contributed by atoms with Crippen molar-refractivity contribution in [2.45, 2.75) is 36.7 Å². The topological polar surface area (TPSA) is 107 Å². The Kier molecular flexibility index (Phi) is 4.64. The first-order valence-electron chi connectivity index (χ1n) is 5.97. The van der Waals surface area contributed by atoms with Crippen LogP contribution < -0.4 is 0 Å². The molecular weight excluding hydrogens is 282 g/mol. The predicted octanol–water partition coefficient (Wildman–Crippen LogP) is 1.63. The summed E-state index contributed by atoms with van der Waals surface area (Å²) in [7, 11) is 0. The molecule has 2 aromatic rings. The molecule has 2 heterocycles. The lowest BCUT2D eigenvalue weighted by Crippen LogP contribution is -2.05. The van der Waals surface area contributed by atoms with Gasteiger partial charge >= 0.3 is 5.69 Å². The number of aliphatic hydroxyl groups is 1. The van der Waals surface area contributed by atoms with E-state index < -0.39 is 4.92 Å². The normalized spacial score (nSPS) is 10.7. The summed E-state index contributed by atoms with van der Waals surface area (Å²) in [5.74, 6) is 0.438. The molecule has 0 aromatic carbocycles. The van der Waals surface area contributed by atoms with Crippen LogP contribution >= 0.6 is 11.8 Å². The van der Waals surface area contributed by atoms with E-state index in [1.54, 1.807) is 4.57 Å². The van der Waals surface area contributed by atoms with E-state index in [4.69, 9.17) is 0 Å². The third kappa shape index (κ3) is 2.94. The molecule has 0 aliphatic rings. The Morgan fingerprint density at radius 1 is 1.50 bits per heavy atom. The Balaban J connectivity index is 2.35. The molecule has 0 fully saturated rings. The molecule has 0 spiro atoms. The van der Waals surface area contributed by atoms with E-state index in [-0.39, 0.29) is 17.3 Å². The zero-order valence-corrected chi connectivity index (χ0v) is 11.6. The van der Waals surface area contributed by atoms with Gasteiger partial charge in [0.05, 0.1) is 4.92 Å². The molecule has 2 aromatic heterocycles. The van der Waals surface area contributed by atoms with Gasteiger partial charge in [0.1, 0.15) is 6.61 Å². The molecule has 0 amide bonds. The van der Waals surface area contributed by atoms with Gasteiger partial charge in [-0.3, -0.25) is 10.1 Å². The van der Waals surface area contributed by atoms with Gasteiger partial charge in [0.2, 0.25) is 0 Å². The second-order valence-corrected chi connectivity index (χ2v) is 4.85. The summed E-state index contributed by atoms with van der Waals surface area (Å²) in [4.78, 5) is 14.5. The number of nitro groups is 1. The summed E-state index contributed by atoms with van der Waals surface area (Å²) in [5.41, 5.74) is -0.0749. The van der Waals surface area contributed by atoms with Crippen molar-refractivity contribution in [2.75, 3.05) is 0 Å². The van der Waals surface area contributed by atoms with Crippen molar-refractivity contribution in [2.24, 2.45) is 0 Å².